The van der Waals surface area contributed by atoms with Crippen molar-refractivity contribution < 1.29 is 42.0 Å². The minimum Gasteiger partial charge on any atom is -0.461 e. The van der Waals surface area contributed by atoms with Crippen molar-refractivity contribution in [2.75, 3.05) is 13.2 Å². The summed E-state index contributed by atoms with van der Waals surface area (Å²) < 4.78 is 68.8. The van der Waals surface area contributed by atoms with Crippen LogP contribution < -0.4 is 0 Å². The smallest absolute Gasteiger partial charge is 0.387 e. The first-order chi connectivity index (χ1) is 23.3. The zero-order chi connectivity index (χ0) is 33.8. The fourth-order valence-electron chi connectivity index (χ4n) is 5.44. The highest BCUT2D eigenvalue weighted by molar-refractivity contribution is 6.26. The third kappa shape index (κ3) is 8.85. The van der Waals surface area contributed by atoms with Crippen LogP contribution in [0.25, 0.3) is 0 Å². The summed E-state index contributed by atoms with van der Waals surface area (Å²) >= 11 is 6.89. The minimum absolute atomic E-state index is 0.0113. The normalized spacial score (nSPS) is 22.7. The topological polar surface area (TPSA) is 72.5 Å². The Balaban J connectivity index is 1.54. The fraction of sp³-hybridized carbons (Fsp3) is 0.342. The lowest BCUT2D eigenvalue weighted by Crippen LogP contribution is -2.72. The number of halogens is 3. The number of rotatable bonds is 16. The van der Waals surface area contributed by atoms with Crippen LogP contribution >= 0.6 is 11.6 Å². The van der Waals surface area contributed by atoms with Gasteiger partial charge in [-0.25, -0.2) is 4.79 Å². The van der Waals surface area contributed by atoms with E-state index in [-0.39, 0.29) is 39.6 Å². The molecule has 0 bridgehead atoms. The molecule has 1 fully saturated rings. The minimum atomic E-state index is -4.37. The Morgan fingerprint density at radius 2 is 1.10 bits per heavy atom. The van der Waals surface area contributed by atoms with Gasteiger partial charge in [0.15, 0.2) is 0 Å². The lowest BCUT2D eigenvalue weighted by molar-refractivity contribution is -0.323. The molecule has 4 aromatic carbocycles. The molecule has 10 heteroatoms. The van der Waals surface area contributed by atoms with Crippen molar-refractivity contribution in [3.05, 3.63) is 144 Å². The van der Waals surface area contributed by atoms with E-state index in [1.54, 1.807) is 24.3 Å². The summed E-state index contributed by atoms with van der Waals surface area (Å²) in [7, 11) is 0. The van der Waals surface area contributed by atoms with Crippen LogP contribution in [-0.4, -0.2) is 54.6 Å². The second-order valence-corrected chi connectivity index (χ2v) is 11.9. The number of ether oxygens (including phenoxy) is 6. The number of alkyl halides is 3. The molecule has 0 spiro atoms. The van der Waals surface area contributed by atoms with Crippen molar-refractivity contribution in [3.8, 4) is 0 Å². The average molecular weight is 681 g/mol. The maximum Gasteiger partial charge on any atom is 0.387 e. The number of benzene rings is 4. The molecule has 1 unspecified atom stereocenters. The quantitative estimate of drug-likeness (QED) is 0.0897. The first-order valence-corrected chi connectivity index (χ1v) is 16.2. The Morgan fingerprint density at radius 1 is 0.688 bits per heavy atom. The molecule has 1 aliphatic rings. The van der Waals surface area contributed by atoms with Crippen molar-refractivity contribution in [2.24, 2.45) is 0 Å². The van der Waals surface area contributed by atoms with Crippen molar-refractivity contribution in [1.82, 2.24) is 0 Å². The second kappa shape index (κ2) is 17.1. The predicted octanol–water partition coefficient (Wildman–Crippen LogP) is 7.49. The zero-order valence-corrected chi connectivity index (χ0v) is 27.3. The molecule has 0 aromatic heterocycles. The van der Waals surface area contributed by atoms with E-state index in [1.165, 1.54) is 6.92 Å². The third-order valence-electron chi connectivity index (χ3n) is 7.87. The Kier molecular flexibility index (Phi) is 12.7. The van der Waals surface area contributed by atoms with Gasteiger partial charge >= 0.3 is 11.9 Å². The Labute approximate surface area is 284 Å². The monoisotopic (exact) mass is 680 g/mol. The molecule has 0 aliphatic carbocycles. The number of esters is 1. The molecule has 254 valence electrons. The van der Waals surface area contributed by atoms with E-state index in [0.717, 1.165) is 16.7 Å². The van der Waals surface area contributed by atoms with Gasteiger partial charge in [0.05, 0.1) is 39.6 Å². The Morgan fingerprint density at radius 3 is 1.56 bits per heavy atom. The van der Waals surface area contributed by atoms with Crippen molar-refractivity contribution >= 4 is 17.6 Å². The van der Waals surface area contributed by atoms with Crippen LogP contribution in [0.4, 0.5) is 8.78 Å². The summed E-state index contributed by atoms with van der Waals surface area (Å²) in [4.78, 5) is 12.9. The van der Waals surface area contributed by atoms with Crippen LogP contribution in [0.1, 0.15) is 29.2 Å². The molecule has 1 saturated heterocycles. The van der Waals surface area contributed by atoms with E-state index in [1.807, 2.05) is 97.1 Å². The summed E-state index contributed by atoms with van der Waals surface area (Å²) in [5.41, 5.74) is 3.17. The van der Waals surface area contributed by atoms with Crippen LogP contribution in [0, 0.1) is 0 Å². The van der Waals surface area contributed by atoms with Crippen LogP contribution in [0.2, 0.25) is 0 Å². The fourth-order valence-corrected chi connectivity index (χ4v) is 5.82. The molecule has 0 radical (unpaired) electrons. The predicted molar refractivity (Wildman–Crippen MR) is 176 cm³/mol. The third-order valence-corrected chi connectivity index (χ3v) is 8.42. The second-order valence-electron chi connectivity index (χ2n) is 11.3. The summed E-state index contributed by atoms with van der Waals surface area (Å²) in [5.74, 6) is -6.22. The number of hydrogen-bond acceptors (Lipinski definition) is 7. The number of carbonyl (C=O) groups is 1. The summed E-state index contributed by atoms with van der Waals surface area (Å²) in [5, 5.41) is -3.07. The van der Waals surface area contributed by atoms with Crippen molar-refractivity contribution in [1.29, 1.82) is 0 Å². The SMILES string of the molecule is CCOC(=O)C(F)(F)C1(Cl)O[C@H](COCc2ccccc2)[C@@H](OCc2ccccc2)[C@H](OCc2ccccc2)[C@H]1OCc1ccccc1. The number of hydrogen-bond donors (Lipinski definition) is 0. The van der Waals surface area contributed by atoms with Crippen LogP contribution in [0.3, 0.4) is 0 Å². The van der Waals surface area contributed by atoms with Crippen molar-refractivity contribution in [3.63, 3.8) is 0 Å². The highest BCUT2D eigenvalue weighted by Crippen LogP contribution is 2.48. The van der Waals surface area contributed by atoms with Gasteiger partial charge < -0.3 is 28.4 Å². The summed E-state index contributed by atoms with van der Waals surface area (Å²) in [6.07, 6.45) is -5.20. The molecule has 4 aromatic rings. The van der Waals surface area contributed by atoms with Gasteiger partial charge in [-0.1, -0.05) is 133 Å². The van der Waals surface area contributed by atoms with Crippen molar-refractivity contribution in [2.45, 2.75) is 68.7 Å². The molecular weight excluding hydrogens is 642 g/mol. The van der Waals surface area contributed by atoms with Gasteiger partial charge in [-0.15, -0.1) is 0 Å². The van der Waals surface area contributed by atoms with E-state index >= 15 is 8.78 Å². The van der Waals surface area contributed by atoms with Gasteiger partial charge in [0.25, 0.3) is 0 Å². The maximum atomic E-state index is 16.4. The molecule has 0 amide bonds. The van der Waals surface area contributed by atoms with Gasteiger partial charge in [0.1, 0.15) is 24.4 Å². The van der Waals surface area contributed by atoms with E-state index in [2.05, 4.69) is 0 Å². The Bertz CT molecular complexity index is 1530. The van der Waals surface area contributed by atoms with E-state index in [0.29, 0.717) is 5.56 Å². The average Bonchev–Trinajstić information content (AvgIpc) is 3.11. The standard InChI is InChI=1S/C38H39ClF2O7/c1-2-44-36(42)38(40,41)37(39)35(47-26-31-21-13-6-14-22-31)34(46-25-30-19-11-5-12-20-30)33(45-24-29-17-9-4-10-18-29)32(48-37)27-43-23-28-15-7-3-8-16-28/h3-22,32-35H,2,23-27H2,1H3/t32-,33-,34+,35-,37?/m1/s1. The summed E-state index contributed by atoms with van der Waals surface area (Å²) in [6, 6.07) is 37.0. The maximum absolute atomic E-state index is 16.4. The molecule has 1 heterocycles. The zero-order valence-electron chi connectivity index (χ0n) is 26.6. The Hall–Kier alpha value is -3.70. The van der Waals surface area contributed by atoms with Gasteiger partial charge in [0, 0.05) is 0 Å². The van der Waals surface area contributed by atoms with Gasteiger partial charge in [-0.05, 0) is 29.2 Å². The molecule has 1 aliphatic heterocycles. The van der Waals surface area contributed by atoms with Gasteiger partial charge in [-0.2, -0.15) is 8.78 Å². The van der Waals surface area contributed by atoms with E-state index < -0.39 is 41.4 Å². The number of carbonyl (C=O) groups excluding carboxylic acids is 1. The van der Waals surface area contributed by atoms with E-state index in [4.69, 9.17) is 40.0 Å². The highest BCUT2D eigenvalue weighted by Gasteiger charge is 2.71. The first-order valence-electron chi connectivity index (χ1n) is 15.8. The molecule has 5 rings (SSSR count). The van der Waals surface area contributed by atoms with Gasteiger partial charge in [0.2, 0.25) is 5.06 Å². The van der Waals surface area contributed by atoms with Crippen LogP contribution in [0.5, 0.6) is 0 Å². The lowest BCUT2D eigenvalue weighted by Gasteiger charge is -2.51. The molecule has 7 nitrogen and oxygen atoms in total. The molecule has 48 heavy (non-hydrogen) atoms. The largest absolute Gasteiger partial charge is 0.461 e. The molecule has 5 atom stereocenters. The molecular formula is C38H39ClF2O7. The molecule has 0 saturated carbocycles. The van der Waals surface area contributed by atoms with E-state index in [9.17, 15) is 4.79 Å². The van der Waals surface area contributed by atoms with Crippen LogP contribution in [-0.2, 0) is 59.6 Å². The first kappa shape index (κ1) is 35.6. The molecule has 0 N–H and O–H groups in total. The van der Waals surface area contributed by atoms with Gasteiger partial charge in [-0.3, -0.25) is 0 Å². The van der Waals surface area contributed by atoms with Crippen LogP contribution in [0.15, 0.2) is 121 Å². The summed E-state index contributed by atoms with van der Waals surface area (Å²) in [6.45, 7) is 1.07. The highest BCUT2D eigenvalue weighted by atomic mass is 35.5. The lowest BCUT2D eigenvalue weighted by atomic mass is 9.90.